The number of benzene rings is 1. The molecular formula is C15H21N3O. The highest BCUT2D eigenvalue weighted by molar-refractivity contribution is 5.48. The predicted octanol–water partition coefficient (Wildman–Crippen LogP) is 2.73. The molecule has 0 spiro atoms. The summed E-state index contributed by atoms with van der Waals surface area (Å²) in [5, 5.41) is 0. The van der Waals surface area contributed by atoms with Crippen molar-refractivity contribution in [3.8, 4) is 5.69 Å². The second-order valence-electron chi connectivity index (χ2n) is 5.34. The standard InChI is InChI=1S/C15H21N3O/c1-9(2)17-12(5)14(16)15(19)18(17)13-8-10(3)6-7-11(13)4/h6-9H,16H2,1-5H3. The molecule has 102 valence electrons. The lowest BCUT2D eigenvalue weighted by atomic mass is 10.1. The van der Waals surface area contributed by atoms with E-state index in [0.717, 1.165) is 22.5 Å². The van der Waals surface area contributed by atoms with Crippen molar-refractivity contribution in [1.82, 2.24) is 9.36 Å². The summed E-state index contributed by atoms with van der Waals surface area (Å²) in [6.07, 6.45) is 0. The van der Waals surface area contributed by atoms with Crippen molar-refractivity contribution in [3.63, 3.8) is 0 Å². The van der Waals surface area contributed by atoms with Gasteiger partial charge in [-0.2, -0.15) is 0 Å². The third-order valence-corrected chi connectivity index (χ3v) is 3.45. The monoisotopic (exact) mass is 259 g/mol. The molecule has 0 radical (unpaired) electrons. The highest BCUT2D eigenvalue weighted by atomic mass is 16.1. The Morgan fingerprint density at radius 1 is 1.16 bits per heavy atom. The molecule has 0 fully saturated rings. The summed E-state index contributed by atoms with van der Waals surface area (Å²) in [5.74, 6) is 0. The second-order valence-corrected chi connectivity index (χ2v) is 5.34. The van der Waals surface area contributed by atoms with Gasteiger partial charge in [-0.25, -0.2) is 4.68 Å². The largest absolute Gasteiger partial charge is 0.393 e. The van der Waals surface area contributed by atoms with Crippen LogP contribution in [0.25, 0.3) is 5.69 Å². The second kappa shape index (κ2) is 4.61. The van der Waals surface area contributed by atoms with Gasteiger partial charge in [-0.05, 0) is 51.8 Å². The summed E-state index contributed by atoms with van der Waals surface area (Å²) in [5.41, 5.74) is 10.0. The van der Waals surface area contributed by atoms with Gasteiger partial charge in [0, 0.05) is 6.04 Å². The van der Waals surface area contributed by atoms with Crippen LogP contribution >= 0.6 is 0 Å². The van der Waals surface area contributed by atoms with E-state index < -0.39 is 0 Å². The maximum Gasteiger partial charge on any atom is 0.294 e. The van der Waals surface area contributed by atoms with Gasteiger partial charge in [0.05, 0.1) is 11.4 Å². The van der Waals surface area contributed by atoms with Gasteiger partial charge >= 0.3 is 0 Å². The van der Waals surface area contributed by atoms with Gasteiger partial charge < -0.3 is 5.73 Å². The number of hydrogen-bond acceptors (Lipinski definition) is 2. The van der Waals surface area contributed by atoms with E-state index in [4.69, 9.17) is 5.73 Å². The molecular weight excluding hydrogens is 238 g/mol. The summed E-state index contributed by atoms with van der Waals surface area (Å²) in [6.45, 7) is 10.0. The van der Waals surface area contributed by atoms with Crippen LogP contribution in [0.5, 0.6) is 0 Å². The lowest BCUT2D eigenvalue weighted by Gasteiger charge is -2.18. The van der Waals surface area contributed by atoms with Crippen LogP contribution in [0.2, 0.25) is 0 Å². The third kappa shape index (κ3) is 2.07. The van der Waals surface area contributed by atoms with Crippen molar-refractivity contribution in [2.45, 2.75) is 40.7 Å². The van der Waals surface area contributed by atoms with Crippen LogP contribution in [-0.4, -0.2) is 9.36 Å². The van der Waals surface area contributed by atoms with Crippen molar-refractivity contribution in [2.75, 3.05) is 5.73 Å². The summed E-state index contributed by atoms with van der Waals surface area (Å²) in [4.78, 5) is 12.4. The summed E-state index contributed by atoms with van der Waals surface area (Å²) in [7, 11) is 0. The molecule has 0 atom stereocenters. The van der Waals surface area contributed by atoms with E-state index in [1.165, 1.54) is 0 Å². The molecule has 1 aromatic heterocycles. The van der Waals surface area contributed by atoms with E-state index in [9.17, 15) is 4.79 Å². The van der Waals surface area contributed by atoms with Crippen LogP contribution in [0.1, 0.15) is 36.7 Å². The van der Waals surface area contributed by atoms with E-state index in [0.29, 0.717) is 5.69 Å². The zero-order valence-corrected chi connectivity index (χ0v) is 12.2. The molecule has 0 bridgehead atoms. The molecule has 0 amide bonds. The first-order valence-corrected chi connectivity index (χ1v) is 6.51. The average molecular weight is 259 g/mol. The predicted molar refractivity (Wildman–Crippen MR) is 79.0 cm³/mol. The number of aromatic nitrogens is 2. The van der Waals surface area contributed by atoms with Gasteiger partial charge in [-0.1, -0.05) is 12.1 Å². The van der Waals surface area contributed by atoms with Crippen molar-refractivity contribution in [3.05, 3.63) is 45.4 Å². The number of nitrogens with two attached hydrogens (primary N) is 1. The highest BCUT2D eigenvalue weighted by Gasteiger charge is 2.18. The molecule has 0 aliphatic heterocycles. The lowest BCUT2D eigenvalue weighted by Crippen LogP contribution is -2.24. The van der Waals surface area contributed by atoms with Gasteiger partial charge in [0.25, 0.3) is 5.56 Å². The SMILES string of the molecule is Cc1ccc(C)c(-n2c(=O)c(N)c(C)n2C(C)C)c1. The smallest absolute Gasteiger partial charge is 0.294 e. The van der Waals surface area contributed by atoms with Crippen molar-refractivity contribution in [2.24, 2.45) is 0 Å². The van der Waals surface area contributed by atoms with Crippen LogP contribution in [0.3, 0.4) is 0 Å². The fourth-order valence-corrected chi connectivity index (χ4v) is 2.43. The molecule has 0 unspecified atom stereocenters. The third-order valence-electron chi connectivity index (χ3n) is 3.45. The summed E-state index contributed by atoms with van der Waals surface area (Å²) in [6, 6.07) is 6.27. The van der Waals surface area contributed by atoms with E-state index in [-0.39, 0.29) is 11.6 Å². The van der Waals surface area contributed by atoms with Crippen molar-refractivity contribution < 1.29 is 0 Å². The summed E-state index contributed by atoms with van der Waals surface area (Å²) >= 11 is 0. The minimum Gasteiger partial charge on any atom is -0.393 e. The molecule has 0 aliphatic rings. The Balaban J connectivity index is 2.86. The van der Waals surface area contributed by atoms with Gasteiger partial charge in [-0.15, -0.1) is 0 Å². The molecule has 4 heteroatoms. The Bertz CT molecular complexity index is 677. The number of rotatable bonds is 2. The van der Waals surface area contributed by atoms with E-state index in [2.05, 4.69) is 0 Å². The zero-order valence-electron chi connectivity index (χ0n) is 12.2. The van der Waals surface area contributed by atoms with Gasteiger partial charge in [0.2, 0.25) is 0 Å². The fourth-order valence-electron chi connectivity index (χ4n) is 2.43. The molecule has 2 aromatic rings. The molecule has 1 aromatic carbocycles. The van der Waals surface area contributed by atoms with Crippen LogP contribution < -0.4 is 11.3 Å². The van der Waals surface area contributed by atoms with Crippen LogP contribution in [0, 0.1) is 20.8 Å². The average Bonchev–Trinajstić information content (AvgIpc) is 2.57. The van der Waals surface area contributed by atoms with Crippen molar-refractivity contribution >= 4 is 5.69 Å². The van der Waals surface area contributed by atoms with E-state index in [1.54, 1.807) is 4.68 Å². The molecule has 19 heavy (non-hydrogen) atoms. The first-order valence-electron chi connectivity index (χ1n) is 6.51. The molecule has 2 rings (SSSR count). The van der Waals surface area contributed by atoms with Gasteiger partial charge in [0.15, 0.2) is 0 Å². The van der Waals surface area contributed by atoms with Crippen LogP contribution in [0.15, 0.2) is 23.0 Å². The van der Waals surface area contributed by atoms with Crippen LogP contribution in [0.4, 0.5) is 5.69 Å². The molecule has 1 heterocycles. The Labute approximate surface area is 113 Å². The number of aryl methyl sites for hydroxylation is 2. The Morgan fingerprint density at radius 3 is 2.37 bits per heavy atom. The first-order chi connectivity index (χ1) is 8.84. The minimum absolute atomic E-state index is 0.139. The first kappa shape index (κ1) is 13.5. The minimum atomic E-state index is -0.139. The molecule has 0 aliphatic carbocycles. The lowest BCUT2D eigenvalue weighted by molar-refractivity contribution is 0.466. The molecule has 2 N–H and O–H groups in total. The Morgan fingerprint density at radius 2 is 1.79 bits per heavy atom. The molecule has 0 saturated carbocycles. The van der Waals surface area contributed by atoms with Gasteiger partial charge in [0.1, 0.15) is 5.69 Å². The Hall–Kier alpha value is -1.97. The number of nitrogens with zero attached hydrogens (tertiary/aromatic N) is 2. The highest BCUT2D eigenvalue weighted by Crippen LogP contribution is 2.20. The van der Waals surface area contributed by atoms with Crippen molar-refractivity contribution in [1.29, 1.82) is 0 Å². The van der Waals surface area contributed by atoms with E-state index in [1.807, 2.05) is 57.5 Å². The van der Waals surface area contributed by atoms with E-state index >= 15 is 0 Å². The zero-order chi connectivity index (χ0) is 14.3. The number of nitrogen functional groups attached to an aromatic ring is 1. The maximum atomic E-state index is 12.4. The maximum absolute atomic E-state index is 12.4. The molecule has 0 saturated heterocycles. The topological polar surface area (TPSA) is 52.9 Å². The van der Waals surface area contributed by atoms with Gasteiger partial charge in [-0.3, -0.25) is 9.48 Å². The number of anilines is 1. The van der Waals surface area contributed by atoms with Crippen LogP contribution in [-0.2, 0) is 0 Å². The normalized spacial score (nSPS) is 11.3. The Kier molecular flexibility index (Phi) is 3.27. The summed E-state index contributed by atoms with van der Waals surface area (Å²) < 4.78 is 3.65. The quantitative estimate of drug-likeness (QED) is 0.901. The number of hydrogen-bond donors (Lipinski definition) is 1. The fraction of sp³-hybridized carbons (Fsp3) is 0.400. The molecule has 4 nitrogen and oxygen atoms in total.